The van der Waals surface area contributed by atoms with Gasteiger partial charge in [-0.05, 0) is 63.6 Å². The predicted molar refractivity (Wildman–Crippen MR) is 117 cm³/mol. The minimum Gasteiger partial charge on any atom is -0.507 e. The average Bonchev–Trinajstić information content (AvgIpc) is 3.06. The largest absolute Gasteiger partial charge is 0.507 e. The lowest BCUT2D eigenvalue weighted by Crippen LogP contribution is -2.36. The molecule has 0 saturated carbocycles. The molecule has 2 aliphatic rings. The maximum atomic E-state index is 12.9. The average molecular weight is 421 g/mol. The topological polar surface area (TPSA) is 76.1 Å². The molecular formula is C25H27NO5. The van der Waals surface area contributed by atoms with Gasteiger partial charge in [-0.25, -0.2) is 0 Å². The van der Waals surface area contributed by atoms with Gasteiger partial charge < -0.3 is 14.6 Å². The number of phenolic OH excluding ortho intramolecular Hbond substituents is 1. The monoisotopic (exact) mass is 421 g/mol. The van der Waals surface area contributed by atoms with Crippen molar-refractivity contribution in [3.8, 4) is 11.5 Å². The highest BCUT2D eigenvalue weighted by atomic mass is 16.5. The first-order valence-corrected chi connectivity index (χ1v) is 10.7. The molecule has 0 radical (unpaired) electrons. The first kappa shape index (κ1) is 21.1. The molecule has 2 heterocycles. The number of ether oxygens (including phenoxy) is 2. The van der Waals surface area contributed by atoms with Crippen molar-refractivity contribution in [1.82, 2.24) is 4.90 Å². The van der Waals surface area contributed by atoms with E-state index in [-0.39, 0.29) is 29.2 Å². The van der Waals surface area contributed by atoms with Crippen molar-refractivity contribution < 1.29 is 24.2 Å². The summed E-state index contributed by atoms with van der Waals surface area (Å²) in [6.45, 7) is 6.09. The number of fused-ring (bicyclic) bond motifs is 1. The predicted octanol–water partition coefficient (Wildman–Crippen LogP) is 4.09. The van der Waals surface area contributed by atoms with E-state index >= 15 is 0 Å². The number of rotatable bonds is 5. The molecule has 6 nitrogen and oxygen atoms in total. The molecular weight excluding hydrogens is 394 g/mol. The molecule has 0 spiro atoms. The van der Waals surface area contributed by atoms with E-state index in [1.165, 1.54) is 0 Å². The van der Waals surface area contributed by atoms with Crippen LogP contribution in [0.4, 0.5) is 0 Å². The first-order chi connectivity index (χ1) is 15.0. The van der Waals surface area contributed by atoms with Crippen LogP contribution < -0.4 is 4.74 Å². The molecule has 31 heavy (non-hydrogen) atoms. The molecule has 0 aromatic heterocycles. The van der Waals surface area contributed by atoms with E-state index < -0.39 is 0 Å². The standard InChI is InChI=1S/C25H27NO5/c1-3-30-25(29)18-9-11-26(12-10-18)15-20-21(27)8-7-19-23(28)22(31-24(19)20)14-17-6-4-5-16(2)13-17/h4-8,13-14,18,27H,3,9-12,15H2,1-2H3/b22-14+. The Labute approximate surface area is 182 Å². The lowest BCUT2D eigenvalue weighted by Gasteiger charge is -2.31. The number of phenols is 1. The number of piperidine rings is 1. The number of hydrogen-bond donors (Lipinski definition) is 1. The van der Waals surface area contributed by atoms with Gasteiger partial charge >= 0.3 is 5.97 Å². The third-order valence-electron chi connectivity index (χ3n) is 5.85. The van der Waals surface area contributed by atoms with Crippen LogP contribution in [0.5, 0.6) is 11.5 Å². The Hall–Kier alpha value is -3.12. The number of carbonyl (C=O) groups is 2. The van der Waals surface area contributed by atoms with Gasteiger partial charge in [0, 0.05) is 6.54 Å². The van der Waals surface area contributed by atoms with E-state index in [0.29, 0.717) is 56.0 Å². The van der Waals surface area contributed by atoms with Crippen molar-refractivity contribution in [1.29, 1.82) is 0 Å². The molecule has 0 unspecified atom stereocenters. The van der Waals surface area contributed by atoms with Crippen molar-refractivity contribution in [3.05, 3.63) is 64.4 Å². The summed E-state index contributed by atoms with van der Waals surface area (Å²) in [5.41, 5.74) is 3.06. The third-order valence-corrected chi connectivity index (χ3v) is 5.85. The molecule has 1 saturated heterocycles. The molecule has 2 aliphatic heterocycles. The molecule has 2 aromatic carbocycles. The lowest BCUT2D eigenvalue weighted by atomic mass is 9.96. The molecule has 0 atom stereocenters. The Morgan fingerprint density at radius 2 is 2.03 bits per heavy atom. The van der Waals surface area contributed by atoms with Crippen LogP contribution in [0.3, 0.4) is 0 Å². The maximum Gasteiger partial charge on any atom is 0.309 e. The van der Waals surface area contributed by atoms with Gasteiger partial charge in [0.15, 0.2) is 5.76 Å². The fraction of sp³-hybridized carbons (Fsp3) is 0.360. The van der Waals surface area contributed by atoms with Gasteiger partial charge in [-0.3, -0.25) is 14.5 Å². The van der Waals surface area contributed by atoms with Gasteiger partial charge in [0.1, 0.15) is 11.5 Å². The fourth-order valence-electron chi connectivity index (χ4n) is 4.17. The van der Waals surface area contributed by atoms with Gasteiger partial charge in [-0.15, -0.1) is 0 Å². The second-order valence-electron chi connectivity index (χ2n) is 8.10. The van der Waals surface area contributed by atoms with E-state index in [0.717, 1.165) is 11.1 Å². The van der Waals surface area contributed by atoms with Gasteiger partial charge in [0.05, 0.1) is 23.7 Å². The fourth-order valence-corrected chi connectivity index (χ4v) is 4.17. The first-order valence-electron chi connectivity index (χ1n) is 10.7. The third kappa shape index (κ3) is 4.49. The number of hydrogen-bond acceptors (Lipinski definition) is 6. The molecule has 1 N–H and O–H groups in total. The zero-order chi connectivity index (χ0) is 22.0. The number of esters is 1. The zero-order valence-corrected chi connectivity index (χ0v) is 17.9. The number of benzene rings is 2. The number of nitrogens with zero attached hydrogens (tertiary/aromatic N) is 1. The molecule has 0 amide bonds. The normalized spacial score (nSPS) is 18.1. The zero-order valence-electron chi connectivity index (χ0n) is 17.9. The number of aromatic hydroxyl groups is 1. The molecule has 2 aromatic rings. The summed E-state index contributed by atoms with van der Waals surface area (Å²) in [6.07, 6.45) is 3.17. The highest BCUT2D eigenvalue weighted by Crippen LogP contribution is 2.40. The summed E-state index contributed by atoms with van der Waals surface area (Å²) in [5.74, 6) is 0.401. The number of ketones is 1. The van der Waals surface area contributed by atoms with Crippen LogP contribution in [0.1, 0.15) is 46.8 Å². The van der Waals surface area contributed by atoms with Crippen molar-refractivity contribution in [2.24, 2.45) is 5.92 Å². The van der Waals surface area contributed by atoms with Crippen LogP contribution in [0.2, 0.25) is 0 Å². The summed E-state index contributed by atoms with van der Waals surface area (Å²) >= 11 is 0. The number of Topliss-reactive ketones (excluding diaryl/α,β-unsaturated/α-hetero) is 1. The van der Waals surface area contributed by atoms with Crippen molar-refractivity contribution in [3.63, 3.8) is 0 Å². The van der Waals surface area contributed by atoms with Gasteiger partial charge in [0.25, 0.3) is 0 Å². The van der Waals surface area contributed by atoms with Crippen LogP contribution in [0.25, 0.3) is 6.08 Å². The van der Waals surface area contributed by atoms with Crippen molar-refractivity contribution >= 4 is 17.8 Å². The van der Waals surface area contributed by atoms with Crippen LogP contribution in [-0.2, 0) is 16.1 Å². The highest BCUT2D eigenvalue weighted by Gasteiger charge is 2.33. The number of allylic oxidation sites excluding steroid dienone is 1. The maximum absolute atomic E-state index is 12.9. The minimum absolute atomic E-state index is 0.0759. The van der Waals surface area contributed by atoms with E-state index in [4.69, 9.17) is 9.47 Å². The van der Waals surface area contributed by atoms with Crippen LogP contribution in [0.15, 0.2) is 42.2 Å². The SMILES string of the molecule is CCOC(=O)C1CCN(Cc2c(O)ccc3c2O/C(=C/c2cccc(C)c2)C3=O)CC1. The van der Waals surface area contributed by atoms with Gasteiger partial charge in [-0.2, -0.15) is 0 Å². The van der Waals surface area contributed by atoms with E-state index in [2.05, 4.69) is 4.90 Å². The molecule has 1 fully saturated rings. The lowest BCUT2D eigenvalue weighted by molar-refractivity contribution is -0.149. The van der Waals surface area contributed by atoms with E-state index in [9.17, 15) is 14.7 Å². The molecule has 0 bridgehead atoms. The smallest absolute Gasteiger partial charge is 0.309 e. The quantitative estimate of drug-likeness (QED) is 0.579. The minimum atomic E-state index is -0.182. The van der Waals surface area contributed by atoms with Crippen molar-refractivity contribution in [2.45, 2.75) is 33.2 Å². The van der Waals surface area contributed by atoms with Crippen molar-refractivity contribution in [2.75, 3.05) is 19.7 Å². The Morgan fingerprint density at radius 3 is 2.74 bits per heavy atom. The summed E-state index contributed by atoms with van der Waals surface area (Å²) < 4.78 is 11.1. The highest BCUT2D eigenvalue weighted by molar-refractivity contribution is 6.15. The summed E-state index contributed by atoms with van der Waals surface area (Å²) in [7, 11) is 0. The number of carbonyl (C=O) groups excluding carboxylic acids is 2. The Balaban J connectivity index is 1.51. The number of likely N-dealkylation sites (tertiary alicyclic amines) is 1. The Kier molecular flexibility index (Phi) is 6.09. The molecule has 6 heteroatoms. The Morgan fingerprint density at radius 1 is 1.26 bits per heavy atom. The molecule has 162 valence electrons. The van der Waals surface area contributed by atoms with Crippen LogP contribution in [0, 0.1) is 12.8 Å². The molecule has 0 aliphatic carbocycles. The summed E-state index contributed by atoms with van der Waals surface area (Å²) in [6, 6.07) is 11.0. The second-order valence-corrected chi connectivity index (χ2v) is 8.10. The van der Waals surface area contributed by atoms with E-state index in [1.54, 1.807) is 18.2 Å². The second kappa shape index (κ2) is 8.94. The summed E-state index contributed by atoms with van der Waals surface area (Å²) in [4.78, 5) is 27.0. The van der Waals surface area contributed by atoms with Crippen LogP contribution >= 0.6 is 0 Å². The molecule has 4 rings (SSSR count). The van der Waals surface area contributed by atoms with Gasteiger partial charge in [-0.1, -0.05) is 29.8 Å². The van der Waals surface area contributed by atoms with Crippen LogP contribution in [-0.4, -0.2) is 41.5 Å². The Bertz CT molecular complexity index is 1030. The number of aryl methyl sites for hydroxylation is 1. The van der Waals surface area contributed by atoms with E-state index in [1.807, 2.05) is 38.1 Å². The summed E-state index contributed by atoms with van der Waals surface area (Å²) in [5, 5.41) is 10.5. The van der Waals surface area contributed by atoms with Gasteiger partial charge in [0.2, 0.25) is 5.78 Å².